The Hall–Kier alpha value is -1.24. The van der Waals surface area contributed by atoms with Crippen molar-refractivity contribution in [2.75, 3.05) is 11.5 Å². The van der Waals surface area contributed by atoms with Crippen LogP contribution in [0.2, 0.25) is 0 Å². The minimum Gasteiger partial charge on any atom is -0.480 e. The quantitative estimate of drug-likeness (QED) is 0.584. The normalized spacial score (nSPS) is 17.0. The van der Waals surface area contributed by atoms with Gasteiger partial charge in [0.25, 0.3) is 0 Å². The van der Waals surface area contributed by atoms with Crippen LogP contribution in [0.4, 0.5) is 0 Å². The molecular formula is C14H24N2O4S. The molecule has 0 aromatic heterocycles. The number of rotatable bonds is 8. The third-order valence-electron chi connectivity index (χ3n) is 3.43. The van der Waals surface area contributed by atoms with E-state index in [4.69, 9.17) is 5.11 Å². The highest BCUT2D eigenvalue weighted by Gasteiger charge is 2.18. The molecule has 1 saturated carbocycles. The number of aliphatic carboxylic acids is 1. The van der Waals surface area contributed by atoms with Gasteiger partial charge in [0.2, 0.25) is 11.8 Å². The Morgan fingerprint density at radius 1 is 1.24 bits per heavy atom. The van der Waals surface area contributed by atoms with Crippen molar-refractivity contribution >= 4 is 29.5 Å². The third-order valence-corrected chi connectivity index (χ3v) is 4.42. The lowest BCUT2D eigenvalue weighted by Crippen LogP contribution is -2.40. The molecule has 3 N–H and O–H groups in total. The van der Waals surface area contributed by atoms with Crippen LogP contribution in [0.15, 0.2) is 0 Å². The molecular weight excluding hydrogens is 292 g/mol. The number of hydrogen-bond acceptors (Lipinski definition) is 4. The topological polar surface area (TPSA) is 95.5 Å². The smallest absolute Gasteiger partial charge is 0.326 e. The zero-order chi connectivity index (χ0) is 15.7. The molecule has 1 aliphatic rings. The van der Waals surface area contributed by atoms with E-state index >= 15 is 0 Å². The predicted octanol–water partition coefficient (Wildman–Crippen LogP) is 1.15. The molecule has 0 spiro atoms. The van der Waals surface area contributed by atoms with Crippen molar-refractivity contribution in [3.63, 3.8) is 0 Å². The fourth-order valence-electron chi connectivity index (χ4n) is 2.39. The third kappa shape index (κ3) is 7.94. The summed E-state index contributed by atoms with van der Waals surface area (Å²) in [5, 5.41) is 14.3. The molecule has 7 heteroatoms. The average Bonchev–Trinajstić information content (AvgIpc) is 2.42. The van der Waals surface area contributed by atoms with Crippen molar-refractivity contribution in [2.24, 2.45) is 0 Å². The molecule has 21 heavy (non-hydrogen) atoms. The van der Waals surface area contributed by atoms with Gasteiger partial charge in [-0.25, -0.2) is 4.79 Å². The molecule has 0 radical (unpaired) electrons. The van der Waals surface area contributed by atoms with Gasteiger partial charge in [-0.05, 0) is 25.0 Å². The SMILES string of the molecule is CC(=O)NC(CCSCC(=O)NC1CCCCC1)C(=O)O. The molecule has 0 aromatic carbocycles. The van der Waals surface area contributed by atoms with Gasteiger partial charge >= 0.3 is 5.97 Å². The minimum atomic E-state index is -1.04. The van der Waals surface area contributed by atoms with Crippen LogP contribution in [0.5, 0.6) is 0 Å². The lowest BCUT2D eigenvalue weighted by Gasteiger charge is -2.22. The first kappa shape index (κ1) is 17.8. The average molecular weight is 316 g/mol. The summed E-state index contributed by atoms with van der Waals surface area (Å²) < 4.78 is 0. The van der Waals surface area contributed by atoms with Crippen molar-refractivity contribution in [1.82, 2.24) is 10.6 Å². The first-order chi connectivity index (χ1) is 9.99. The highest BCUT2D eigenvalue weighted by atomic mass is 32.2. The molecule has 0 saturated heterocycles. The Morgan fingerprint density at radius 2 is 1.90 bits per heavy atom. The lowest BCUT2D eigenvalue weighted by atomic mass is 9.95. The van der Waals surface area contributed by atoms with Gasteiger partial charge in [-0.3, -0.25) is 9.59 Å². The van der Waals surface area contributed by atoms with E-state index in [2.05, 4.69) is 10.6 Å². The largest absolute Gasteiger partial charge is 0.480 e. The number of thioether (sulfide) groups is 1. The maximum absolute atomic E-state index is 11.7. The first-order valence-corrected chi connectivity index (χ1v) is 8.51. The van der Waals surface area contributed by atoms with Gasteiger partial charge in [-0.15, -0.1) is 0 Å². The summed E-state index contributed by atoms with van der Waals surface area (Å²) in [5.41, 5.74) is 0. The van der Waals surface area contributed by atoms with Crippen molar-refractivity contribution in [3.8, 4) is 0 Å². The van der Waals surface area contributed by atoms with Gasteiger partial charge in [0, 0.05) is 13.0 Å². The summed E-state index contributed by atoms with van der Waals surface area (Å²) in [6.07, 6.45) is 6.03. The van der Waals surface area contributed by atoms with Crippen LogP contribution in [-0.4, -0.2) is 46.5 Å². The summed E-state index contributed by atoms with van der Waals surface area (Å²) in [4.78, 5) is 33.5. The fraction of sp³-hybridized carbons (Fsp3) is 0.786. The van der Waals surface area contributed by atoms with Gasteiger partial charge in [-0.2, -0.15) is 11.8 Å². The van der Waals surface area contributed by atoms with Crippen LogP contribution in [0.3, 0.4) is 0 Å². The van der Waals surface area contributed by atoms with Gasteiger partial charge in [0.1, 0.15) is 6.04 Å². The van der Waals surface area contributed by atoms with E-state index in [1.807, 2.05) is 0 Å². The number of carbonyl (C=O) groups excluding carboxylic acids is 2. The maximum atomic E-state index is 11.7. The second-order valence-corrected chi connectivity index (χ2v) is 6.44. The summed E-state index contributed by atoms with van der Waals surface area (Å²) in [6.45, 7) is 1.29. The van der Waals surface area contributed by atoms with Crippen LogP contribution in [-0.2, 0) is 14.4 Å². The molecule has 0 aliphatic heterocycles. The molecule has 0 bridgehead atoms. The maximum Gasteiger partial charge on any atom is 0.326 e. The summed E-state index contributed by atoms with van der Waals surface area (Å²) in [7, 11) is 0. The number of amides is 2. The van der Waals surface area contributed by atoms with E-state index in [9.17, 15) is 14.4 Å². The number of hydrogen-bond donors (Lipinski definition) is 3. The summed E-state index contributed by atoms with van der Waals surface area (Å²) in [6, 6.07) is -0.575. The molecule has 1 aliphatic carbocycles. The number of carbonyl (C=O) groups is 3. The van der Waals surface area contributed by atoms with Crippen LogP contribution in [0.1, 0.15) is 45.4 Å². The monoisotopic (exact) mass is 316 g/mol. The highest BCUT2D eigenvalue weighted by Crippen LogP contribution is 2.17. The van der Waals surface area contributed by atoms with Gasteiger partial charge in [0.05, 0.1) is 5.75 Å². The lowest BCUT2D eigenvalue weighted by molar-refractivity contribution is -0.141. The molecule has 0 heterocycles. The van der Waals surface area contributed by atoms with Crippen LogP contribution < -0.4 is 10.6 Å². The van der Waals surface area contributed by atoms with Crippen molar-refractivity contribution < 1.29 is 19.5 Å². The molecule has 120 valence electrons. The van der Waals surface area contributed by atoms with E-state index in [0.29, 0.717) is 24.0 Å². The molecule has 0 aromatic rings. The molecule has 1 unspecified atom stereocenters. The van der Waals surface area contributed by atoms with E-state index in [-0.39, 0.29) is 11.8 Å². The van der Waals surface area contributed by atoms with E-state index in [0.717, 1.165) is 12.8 Å². The van der Waals surface area contributed by atoms with Crippen molar-refractivity contribution in [3.05, 3.63) is 0 Å². The van der Waals surface area contributed by atoms with E-state index in [1.54, 1.807) is 0 Å². The zero-order valence-corrected chi connectivity index (χ0v) is 13.2. The highest BCUT2D eigenvalue weighted by molar-refractivity contribution is 7.99. The molecule has 6 nitrogen and oxygen atoms in total. The number of carboxylic acid groups (broad SMARTS) is 1. The van der Waals surface area contributed by atoms with Gasteiger partial charge < -0.3 is 15.7 Å². The first-order valence-electron chi connectivity index (χ1n) is 7.36. The Kier molecular flexibility index (Phi) is 8.19. The second-order valence-electron chi connectivity index (χ2n) is 5.34. The summed E-state index contributed by atoms with van der Waals surface area (Å²) >= 11 is 1.40. The Bertz CT molecular complexity index is 370. The molecule has 1 fully saturated rings. The molecule has 2 amide bonds. The predicted molar refractivity (Wildman–Crippen MR) is 82.2 cm³/mol. The number of nitrogens with one attached hydrogen (secondary N) is 2. The minimum absolute atomic E-state index is 0.0123. The van der Waals surface area contributed by atoms with Gasteiger partial charge in [0.15, 0.2) is 0 Å². The molecule has 1 atom stereocenters. The van der Waals surface area contributed by atoms with E-state index in [1.165, 1.54) is 37.9 Å². The second kappa shape index (κ2) is 9.65. The zero-order valence-electron chi connectivity index (χ0n) is 12.4. The Labute approximate surface area is 129 Å². The number of carboxylic acids is 1. The summed E-state index contributed by atoms with van der Waals surface area (Å²) in [5.74, 6) is -0.531. The Balaban J connectivity index is 2.15. The van der Waals surface area contributed by atoms with Crippen LogP contribution in [0.25, 0.3) is 0 Å². The van der Waals surface area contributed by atoms with Crippen molar-refractivity contribution in [1.29, 1.82) is 0 Å². The Morgan fingerprint density at radius 3 is 2.48 bits per heavy atom. The fourth-order valence-corrected chi connectivity index (χ4v) is 3.20. The van der Waals surface area contributed by atoms with Crippen LogP contribution >= 0.6 is 11.8 Å². The van der Waals surface area contributed by atoms with Crippen molar-refractivity contribution in [2.45, 2.75) is 57.5 Å². The van der Waals surface area contributed by atoms with Crippen LogP contribution in [0, 0.1) is 0 Å². The van der Waals surface area contributed by atoms with E-state index < -0.39 is 12.0 Å². The standard InChI is InChI=1S/C14H24N2O4S/c1-10(17)15-12(14(19)20)7-8-21-9-13(18)16-11-5-3-2-4-6-11/h11-12H,2-9H2,1H3,(H,15,17)(H,16,18)(H,19,20). The molecule has 1 rings (SSSR count). The van der Waals surface area contributed by atoms with Gasteiger partial charge in [-0.1, -0.05) is 19.3 Å².